The molecule has 0 radical (unpaired) electrons. The van der Waals surface area contributed by atoms with Gasteiger partial charge in [-0.2, -0.15) is 0 Å². The van der Waals surface area contributed by atoms with E-state index in [-0.39, 0.29) is 0 Å². The van der Waals surface area contributed by atoms with Gasteiger partial charge in [0.15, 0.2) is 0 Å². The first-order valence-corrected chi connectivity index (χ1v) is 8.07. The zero-order valence-corrected chi connectivity index (χ0v) is 13.5. The van der Waals surface area contributed by atoms with Gasteiger partial charge in [-0.1, -0.05) is 38.8 Å². The fourth-order valence-electron chi connectivity index (χ4n) is 2.99. The van der Waals surface area contributed by atoms with Gasteiger partial charge >= 0.3 is 0 Å². The van der Waals surface area contributed by atoms with Crippen LogP contribution >= 0.6 is 15.9 Å². The van der Waals surface area contributed by atoms with Crippen molar-refractivity contribution in [3.05, 3.63) is 28.2 Å². The molecule has 19 heavy (non-hydrogen) atoms. The number of phenols is 1. The highest BCUT2D eigenvalue weighted by atomic mass is 79.9. The van der Waals surface area contributed by atoms with E-state index in [4.69, 9.17) is 0 Å². The summed E-state index contributed by atoms with van der Waals surface area (Å²) in [4.78, 5) is 2.55. The van der Waals surface area contributed by atoms with Crippen LogP contribution in [-0.4, -0.2) is 22.6 Å². The molecule has 1 aliphatic rings. The molecule has 0 heterocycles. The van der Waals surface area contributed by atoms with Crippen LogP contribution in [0.5, 0.6) is 5.75 Å². The summed E-state index contributed by atoms with van der Waals surface area (Å²) in [7, 11) is 0. The van der Waals surface area contributed by atoms with Gasteiger partial charge in [0.1, 0.15) is 5.75 Å². The second kappa shape index (κ2) is 6.76. The normalized spacial score (nSPS) is 16.7. The Kier molecular flexibility index (Phi) is 5.28. The van der Waals surface area contributed by atoms with Gasteiger partial charge in [0, 0.05) is 24.7 Å². The zero-order valence-electron chi connectivity index (χ0n) is 11.9. The number of benzene rings is 1. The third-order valence-corrected chi connectivity index (χ3v) is 4.52. The minimum Gasteiger partial charge on any atom is -0.506 e. The van der Waals surface area contributed by atoms with Crippen LogP contribution in [0, 0.1) is 5.92 Å². The molecule has 2 nitrogen and oxygen atoms in total. The largest absolute Gasteiger partial charge is 0.506 e. The maximum absolute atomic E-state index is 10.1. The predicted octanol–water partition coefficient (Wildman–Crippen LogP) is 4.56. The molecule has 1 aliphatic carbocycles. The molecular weight excluding hydrogens is 302 g/mol. The van der Waals surface area contributed by atoms with Gasteiger partial charge in [-0.3, -0.25) is 4.90 Å². The molecule has 1 fully saturated rings. The second-order valence-corrected chi connectivity index (χ2v) is 6.86. The average Bonchev–Trinajstić information content (AvgIpc) is 2.87. The number of halogens is 1. The van der Waals surface area contributed by atoms with Crippen molar-refractivity contribution in [2.45, 2.75) is 52.1 Å². The Morgan fingerprint density at radius 1 is 1.32 bits per heavy atom. The molecule has 1 N–H and O–H groups in total. The van der Waals surface area contributed by atoms with Gasteiger partial charge in [0.25, 0.3) is 0 Å². The lowest BCUT2D eigenvalue weighted by molar-refractivity contribution is 0.167. The zero-order chi connectivity index (χ0) is 13.8. The summed E-state index contributed by atoms with van der Waals surface area (Å²) in [5, 5.41) is 10.1. The Balaban J connectivity index is 2.12. The molecule has 0 saturated heterocycles. The number of hydrogen-bond acceptors (Lipinski definition) is 2. The van der Waals surface area contributed by atoms with Crippen molar-refractivity contribution in [1.82, 2.24) is 4.90 Å². The van der Waals surface area contributed by atoms with Crippen molar-refractivity contribution in [1.29, 1.82) is 0 Å². The van der Waals surface area contributed by atoms with Crippen molar-refractivity contribution >= 4 is 15.9 Å². The van der Waals surface area contributed by atoms with Gasteiger partial charge in [-0.25, -0.2) is 0 Å². The Morgan fingerprint density at radius 3 is 2.63 bits per heavy atom. The van der Waals surface area contributed by atoms with Crippen LogP contribution in [-0.2, 0) is 6.54 Å². The van der Waals surface area contributed by atoms with Crippen molar-refractivity contribution in [2.75, 3.05) is 6.54 Å². The number of hydrogen-bond donors (Lipinski definition) is 1. The van der Waals surface area contributed by atoms with E-state index < -0.39 is 0 Å². The van der Waals surface area contributed by atoms with Crippen LogP contribution in [0.2, 0.25) is 0 Å². The molecule has 1 aromatic rings. The summed E-state index contributed by atoms with van der Waals surface area (Å²) in [5.74, 6) is 1.06. The smallest absolute Gasteiger partial charge is 0.134 e. The van der Waals surface area contributed by atoms with Gasteiger partial charge in [-0.15, -0.1) is 0 Å². The van der Waals surface area contributed by atoms with Crippen LogP contribution in [0.4, 0.5) is 0 Å². The summed E-state index contributed by atoms with van der Waals surface area (Å²) in [6, 6.07) is 6.62. The monoisotopic (exact) mass is 325 g/mol. The number of para-hydroxylation sites is 1. The van der Waals surface area contributed by atoms with Gasteiger partial charge in [-0.05, 0) is 40.8 Å². The van der Waals surface area contributed by atoms with E-state index >= 15 is 0 Å². The first kappa shape index (κ1) is 14.9. The van der Waals surface area contributed by atoms with Crippen LogP contribution in [0.15, 0.2) is 22.7 Å². The predicted molar refractivity (Wildman–Crippen MR) is 83.3 cm³/mol. The summed E-state index contributed by atoms with van der Waals surface area (Å²) >= 11 is 3.40. The average molecular weight is 326 g/mol. The van der Waals surface area contributed by atoms with E-state index in [1.807, 2.05) is 18.2 Å². The molecule has 0 aliphatic heterocycles. The molecule has 0 aromatic heterocycles. The first-order chi connectivity index (χ1) is 9.08. The Labute approximate surface area is 124 Å². The molecule has 0 unspecified atom stereocenters. The molecule has 0 spiro atoms. The molecule has 1 saturated carbocycles. The van der Waals surface area contributed by atoms with E-state index in [1.165, 1.54) is 25.7 Å². The maximum Gasteiger partial charge on any atom is 0.134 e. The summed E-state index contributed by atoms with van der Waals surface area (Å²) in [6.07, 6.45) is 5.32. The number of rotatable bonds is 5. The third-order valence-electron chi connectivity index (χ3n) is 3.88. The lowest BCUT2D eigenvalue weighted by atomic mass is 10.1. The van der Waals surface area contributed by atoms with E-state index in [1.54, 1.807) is 0 Å². The topological polar surface area (TPSA) is 23.5 Å². The number of nitrogens with zero attached hydrogens (tertiary/aromatic N) is 1. The molecular formula is C16H24BrNO. The highest BCUT2D eigenvalue weighted by molar-refractivity contribution is 9.10. The molecule has 0 atom stereocenters. The second-order valence-electron chi connectivity index (χ2n) is 6.01. The van der Waals surface area contributed by atoms with Crippen LogP contribution in [0.1, 0.15) is 45.1 Å². The Hall–Kier alpha value is -0.540. The van der Waals surface area contributed by atoms with Gasteiger partial charge in [0.05, 0.1) is 4.47 Å². The lowest BCUT2D eigenvalue weighted by Gasteiger charge is -2.30. The molecule has 3 heteroatoms. The van der Waals surface area contributed by atoms with Gasteiger partial charge in [0.2, 0.25) is 0 Å². The van der Waals surface area contributed by atoms with Crippen molar-refractivity contribution in [3.63, 3.8) is 0 Å². The van der Waals surface area contributed by atoms with Crippen molar-refractivity contribution < 1.29 is 5.11 Å². The van der Waals surface area contributed by atoms with Crippen LogP contribution in [0.3, 0.4) is 0 Å². The minimum atomic E-state index is 0.397. The number of phenolic OH excluding ortho intramolecular Hbond substituents is 1. The fourth-order valence-corrected chi connectivity index (χ4v) is 3.39. The quantitative estimate of drug-likeness (QED) is 0.858. The molecule has 1 aromatic carbocycles. The summed E-state index contributed by atoms with van der Waals surface area (Å²) in [6.45, 7) is 6.50. The maximum atomic E-state index is 10.1. The summed E-state index contributed by atoms with van der Waals surface area (Å²) in [5.41, 5.74) is 1.03. The highest BCUT2D eigenvalue weighted by Gasteiger charge is 2.24. The fraction of sp³-hybridized carbons (Fsp3) is 0.625. The molecule has 2 rings (SSSR count). The Morgan fingerprint density at radius 2 is 2.00 bits per heavy atom. The summed E-state index contributed by atoms with van der Waals surface area (Å²) < 4.78 is 0.793. The molecule has 0 bridgehead atoms. The first-order valence-electron chi connectivity index (χ1n) is 7.28. The minimum absolute atomic E-state index is 0.397. The molecule has 0 amide bonds. The van der Waals surface area contributed by atoms with Crippen LogP contribution in [0.25, 0.3) is 0 Å². The standard InChI is InChI=1S/C16H24BrNO/c1-12(2)10-18(14-7-3-4-8-14)11-13-6-5-9-15(17)16(13)19/h5-6,9,12,14,19H,3-4,7-8,10-11H2,1-2H3. The molecule has 106 valence electrons. The SMILES string of the molecule is CC(C)CN(Cc1cccc(Br)c1O)C1CCCC1. The van der Waals surface area contributed by atoms with E-state index in [9.17, 15) is 5.11 Å². The van der Waals surface area contributed by atoms with E-state index in [2.05, 4.69) is 34.7 Å². The third kappa shape index (κ3) is 3.96. The van der Waals surface area contributed by atoms with E-state index in [0.29, 0.717) is 17.7 Å². The van der Waals surface area contributed by atoms with Crippen LogP contribution < -0.4 is 0 Å². The van der Waals surface area contributed by atoms with Gasteiger partial charge < -0.3 is 5.11 Å². The number of aromatic hydroxyl groups is 1. The lowest BCUT2D eigenvalue weighted by Crippen LogP contribution is -2.35. The van der Waals surface area contributed by atoms with Crippen molar-refractivity contribution in [2.24, 2.45) is 5.92 Å². The van der Waals surface area contributed by atoms with Crippen molar-refractivity contribution in [3.8, 4) is 5.75 Å². The highest BCUT2D eigenvalue weighted by Crippen LogP contribution is 2.31. The Bertz CT molecular complexity index is 413. The van der Waals surface area contributed by atoms with E-state index in [0.717, 1.165) is 23.1 Å².